The Morgan fingerprint density at radius 2 is 2.21 bits per heavy atom. The molecular formula is C13H11FN4O. The number of ether oxygens (including phenoxy) is 1. The van der Waals surface area contributed by atoms with E-state index in [4.69, 9.17) is 15.8 Å². The smallest absolute Gasteiger partial charge is 0.166 e. The molecule has 0 saturated heterocycles. The number of hydrogen-bond donors (Lipinski definition) is 2. The van der Waals surface area contributed by atoms with Crippen molar-refractivity contribution in [1.82, 2.24) is 4.98 Å². The van der Waals surface area contributed by atoms with E-state index in [9.17, 15) is 4.39 Å². The Hall–Kier alpha value is -2.65. The van der Waals surface area contributed by atoms with Crippen LogP contribution >= 0.6 is 0 Å². The maximum Gasteiger partial charge on any atom is 0.166 e. The van der Waals surface area contributed by atoms with Gasteiger partial charge in [-0.05, 0) is 30.3 Å². The Morgan fingerprint density at radius 1 is 1.37 bits per heavy atom. The maximum absolute atomic E-state index is 13.6. The van der Waals surface area contributed by atoms with Gasteiger partial charge in [0.25, 0.3) is 0 Å². The van der Waals surface area contributed by atoms with Crippen LogP contribution in [0.5, 0.6) is 5.75 Å². The van der Waals surface area contributed by atoms with Gasteiger partial charge < -0.3 is 10.2 Å². The molecule has 0 bridgehead atoms. The van der Waals surface area contributed by atoms with Gasteiger partial charge in [0, 0.05) is 6.20 Å². The molecule has 0 aliphatic rings. The average molecular weight is 258 g/mol. The molecule has 1 heterocycles. The third-order valence-corrected chi connectivity index (χ3v) is 2.42. The number of aromatic nitrogens is 1. The molecule has 2 rings (SSSR count). The molecule has 1 aromatic heterocycles. The van der Waals surface area contributed by atoms with Crippen LogP contribution in [-0.2, 0) is 6.61 Å². The fourth-order valence-electron chi connectivity index (χ4n) is 1.49. The molecule has 0 saturated carbocycles. The number of nitrogens with one attached hydrogen (secondary N) is 1. The van der Waals surface area contributed by atoms with Gasteiger partial charge in [0.15, 0.2) is 11.6 Å². The van der Waals surface area contributed by atoms with Crippen LogP contribution in [0.15, 0.2) is 36.5 Å². The summed E-state index contributed by atoms with van der Waals surface area (Å²) in [6.45, 7) is 0.109. The molecule has 0 unspecified atom stereocenters. The van der Waals surface area contributed by atoms with Crippen molar-refractivity contribution in [1.29, 1.82) is 5.26 Å². The van der Waals surface area contributed by atoms with E-state index >= 15 is 0 Å². The number of nitriles is 1. The first-order chi connectivity index (χ1) is 9.22. The second-order valence-corrected chi connectivity index (χ2v) is 3.73. The van der Waals surface area contributed by atoms with Crippen molar-refractivity contribution in [2.75, 3.05) is 5.43 Å². The van der Waals surface area contributed by atoms with Crippen LogP contribution in [0.3, 0.4) is 0 Å². The van der Waals surface area contributed by atoms with Crippen molar-refractivity contribution in [3.05, 3.63) is 53.6 Å². The molecule has 0 amide bonds. The molecule has 0 radical (unpaired) electrons. The Morgan fingerprint density at radius 3 is 2.89 bits per heavy atom. The van der Waals surface area contributed by atoms with E-state index < -0.39 is 5.82 Å². The topological polar surface area (TPSA) is 84.0 Å². The van der Waals surface area contributed by atoms with Crippen LogP contribution in [0.1, 0.15) is 11.3 Å². The number of nitrogen functional groups attached to an aromatic ring is 1. The summed E-state index contributed by atoms with van der Waals surface area (Å²) in [5, 5.41) is 8.63. The van der Waals surface area contributed by atoms with E-state index in [1.54, 1.807) is 18.3 Å². The van der Waals surface area contributed by atoms with Crippen molar-refractivity contribution < 1.29 is 9.13 Å². The number of nitrogens with two attached hydrogens (primary N) is 1. The summed E-state index contributed by atoms with van der Waals surface area (Å²) in [5.41, 5.74) is 4.03. The lowest BCUT2D eigenvalue weighted by Gasteiger charge is -2.08. The summed E-state index contributed by atoms with van der Waals surface area (Å²) in [6.07, 6.45) is 1.57. The minimum atomic E-state index is -0.577. The maximum atomic E-state index is 13.6. The Balaban J connectivity index is 2.08. The number of rotatable bonds is 4. The molecule has 19 heavy (non-hydrogen) atoms. The van der Waals surface area contributed by atoms with Crippen molar-refractivity contribution in [3.63, 3.8) is 0 Å². The zero-order valence-corrected chi connectivity index (χ0v) is 9.93. The largest absolute Gasteiger partial charge is 0.484 e. The quantitative estimate of drug-likeness (QED) is 0.647. The third kappa shape index (κ3) is 3.18. The molecule has 0 spiro atoms. The molecule has 5 nitrogen and oxygen atoms in total. The second kappa shape index (κ2) is 5.80. The SMILES string of the molecule is N#Cc1ccc(OCc2cc(NN)ccn2)c(F)c1. The Labute approximate surface area is 109 Å². The summed E-state index contributed by atoms with van der Waals surface area (Å²) < 4.78 is 18.9. The van der Waals surface area contributed by atoms with Gasteiger partial charge in [-0.25, -0.2) is 4.39 Å². The lowest BCUT2D eigenvalue weighted by atomic mass is 10.2. The highest BCUT2D eigenvalue weighted by molar-refractivity contribution is 5.41. The monoisotopic (exact) mass is 258 g/mol. The van der Waals surface area contributed by atoms with Crippen LogP contribution in [0.4, 0.5) is 10.1 Å². The molecule has 6 heteroatoms. The summed E-state index contributed by atoms with van der Waals surface area (Å²) >= 11 is 0. The lowest BCUT2D eigenvalue weighted by molar-refractivity contribution is 0.286. The Kier molecular flexibility index (Phi) is 3.90. The van der Waals surface area contributed by atoms with Gasteiger partial charge in [-0.1, -0.05) is 0 Å². The predicted molar refractivity (Wildman–Crippen MR) is 67.5 cm³/mol. The zero-order valence-electron chi connectivity index (χ0n) is 9.93. The summed E-state index contributed by atoms with van der Waals surface area (Å²) in [7, 11) is 0. The first kappa shape index (κ1) is 12.8. The summed E-state index contributed by atoms with van der Waals surface area (Å²) in [4.78, 5) is 4.07. The Bertz CT molecular complexity index is 624. The van der Waals surface area contributed by atoms with Gasteiger partial charge in [-0.15, -0.1) is 0 Å². The van der Waals surface area contributed by atoms with E-state index in [-0.39, 0.29) is 17.9 Å². The number of hydrogen-bond acceptors (Lipinski definition) is 5. The van der Waals surface area contributed by atoms with Crippen LogP contribution in [0.2, 0.25) is 0 Å². The number of nitrogens with zero attached hydrogens (tertiary/aromatic N) is 2. The first-order valence-corrected chi connectivity index (χ1v) is 5.47. The van der Waals surface area contributed by atoms with Crippen molar-refractivity contribution in [2.45, 2.75) is 6.61 Å². The van der Waals surface area contributed by atoms with E-state index in [0.717, 1.165) is 6.07 Å². The minimum absolute atomic E-state index is 0.0758. The molecule has 0 fully saturated rings. The molecule has 0 aliphatic heterocycles. The molecule has 0 atom stereocenters. The summed E-state index contributed by atoms with van der Waals surface area (Å²) in [5.74, 6) is 4.77. The summed E-state index contributed by atoms with van der Waals surface area (Å²) in [6, 6.07) is 9.28. The standard InChI is InChI=1S/C13H11FN4O/c14-12-5-9(7-15)1-2-13(12)19-8-11-6-10(18-16)3-4-17-11/h1-6H,8,16H2,(H,17,18). The van der Waals surface area contributed by atoms with Gasteiger partial charge in [0.2, 0.25) is 0 Å². The highest BCUT2D eigenvalue weighted by Gasteiger charge is 2.05. The predicted octanol–water partition coefficient (Wildman–Crippen LogP) is 1.96. The van der Waals surface area contributed by atoms with E-state index in [1.807, 2.05) is 6.07 Å². The molecule has 0 aliphatic carbocycles. The van der Waals surface area contributed by atoms with Crippen LogP contribution in [-0.4, -0.2) is 4.98 Å². The zero-order chi connectivity index (χ0) is 13.7. The molecule has 1 aromatic carbocycles. The fraction of sp³-hybridized carbons (Fsp3) is 0.0769. The van der Waals surface area contributed by atoms with Crippen molar-refractivity contribution >= 4 is 5.69 Å². The minimum Gasteiger partial charge on any atom is -0.484 e. The first-order valence-electron chi connectivity index (χ1n) is 5.47. The number of benzene rings is 1. The molecule has 2 aromatic rings. The van der Waals surface area contributed by atoms with Gasteiger partial charge in [0.05, 0.1) is 23.0 Å². The normalized spacial score (nSPS) is 9.74. The third-order valence-electron chi connectivity index (χ3n) is 2.42. The van der Waals surface area contributed by atoms with Gasteiger partial charge in [0.1, 0.15) is 6.61 Å². The number of halogens is 1. The van der Waals surface area contributed by atoms with Crippen LogP contribution in [0, 0.1) is 17.1 Å². The molecule has 3 N–H and O–H groups in total. The van der Waals surface area contributed by atoms with Gasteiger partial charge in [-0.2, -0.15) is 5.26 Å². The van der Waals surface area contributed by atoms with Crippen molar-refractivity contribution in [3.8, 4) is 11.8 Å². The van der Waals surface area contributed by atoms with E-state index in [2.05, 4.69) is 10.4 Å². The highest BCUT2D eigenvalue weighted by atomic mass is 19.1. The number of pyridine rings is 1. The number of anilines is 1. The highest BCUT2D eigenvalue weighted by Crippen LogP contribution is 2.19. The van der Waals surface area contributed by atoms with Crippen molar-refractivity contribution in [2.24, 2.45) is 5.84 Å². The van der Waals surface area contributed by atoms with Gasteiger partial charge >= 0.3 is 0 Å². The second-order valence-electron chi connectivity index (χ2n) is 3.73. The van der Waals surface area contributed by atoms with Crippen LogP contribution < -0.4 is 16.0 Å². The fourth-order valence-corrected chi connectivity index (χ4v) is 1.49. The van der Waals surface area contributed by atoms with E-state index in [0.29, 0.717) is 11.4 Å². The van der Waals surface area contributed by atoms with E-state index in [1.165, 1.54) is 12.1 Å². The van der Waals surface area contributed by atoms with Gasteiger partial charge in [-0.3, -0.25) is 10.8 Å². The molecular weight excluding hydrogens is 247 g/mol. The lowest BCUT2D eigenvalue weighted by Crippen LogP contribution is -2.08. The van der Waals surface area contributed by atoms with Crippen LogP contribution in [0.25, 0.3) is 0 Å². The molecule has 96 valence electrons. The average Bonchev–Trinajstić information content (AvgIpc) is 2.46. The number of hydrazine groups is 1.